The molecule has 2 rings (SSSR count). The third kappa shape index (κ3) is 6.38. The van der Waals surface area contributed by atoms with Gasteiger partial charge < -0.3 is 9.26 Å². The van der Waals surface area contributed by atoms with E-state index in [-0.39, 0.29) is 23.7 Å². The lowest BCUT2D eigenvalue weighted by Crippen LogP contribution is -2.06. The number of halogens is 1. The van der Waals surface area contributed by atoms with Crippen LogP contribution in [0, 0.1) is 0 Å². The molecule has 0 aliphatic rings. The molecule has 0 amide bonds. The summed E-state index contributed by atoms with van der Waals surface area (Å²) in [5.74, 6) is 1.14. The predicted octanol–water partition coefficient (Wildman–Crippen LogP) is 6.75. The van der Waals surface area contributed by atoms with E-state index in [0.717, 1.165) is 22.3 Å². The van der Waals surface area contributed by atoms with Crippen LogP contribution in [0.4, 0.5) is 0 Å². The Labute approximate surface area is 178 Å². The summed E-state index contributed by atoms with van der Waals surface area (Å²) < 4.78 is 30.6. The van der Waals surface area contributed by atoms with Crippen LogP contribution in [-0.4, -0.2) is 24.7 Å². The van der Waals surface area contributed by atoms with Gasteiger partial charge in [-0.1, -0.05) is 35.0 Å². The lowest BCUT2D eigenvalue weighted by molar-refractivity contribution is 0.103. The first kappa shape index (κ1) is 23.0. The quantitative estimate of drug-likeness (QED) is 0.258. The minimum Gasteiger partial charge on any atom is -0.494 e. The van der Waals surface area contributed by atoms with Crippen molar-refractivity contribution in [1.29, 1.82) is 0 Å². The first-order valence-electron chi connectivity index (χ1n) is 9.08. The van der Waals surface area contributed by atoms with Crippen molar-refractivity contribution in [3.8, 4) is 11.5 Å². The van der Waals surface area contributed by atoms with Crippen LogP contribution in [-0.2, 0) is 9.09 Å². The molecule has 8 heteroatoms. The fourth-order valence-corrected chi connectivity index (χ4v) is 6.24. The average molecular weight is 487 g/mol. The predicted molar refractivity (Wildman–Crippen MR) is 118 cm³/mol. The van der Waals surface area contributed by atoms with E-state index in [2.05, 4.69) is 15.9 Å². The zero-order valence-electron chi connectivity index (χ0n) is 16.1. The molecule has 0 saturated heterocycles. The van der Waals surface area contributed by atoms with Gasteiger partial charge in [0.2, 0.25) is 0 Å². The molecule has 0 aliphatic heterocycles. The van der Waals surface area contributed by atoms with Crippen molar-refractivity contribution in [2.45, 2.75) is 27.2 Å². The molecule has 0 spiro atoms. The molecule has 2 aromatic rings. The third-order valence-corrected chi connectivity index (χ3v) is 7.98. The molecule has 0 fully saturated rings. The molecule has 28 heavy (non-hydrogen) atoms. The molecule has 5 nitrogen and oxygen atoms in total. The number of carbonyl (C=O) groups is 1. The minimum atomic E-state index is -3.44. The fourth-order valence-electron chi connectivity index (χ4n) is 2.38. The Morgan fingerprint density at radius 2 is 1.89 bits per heavy atom. The van der Waals surface area contributed by atoms with Crippen LogP contribution in [0.5, 0.6) is 11.5 Å². The van der Waals surface area contributed by atoms with Gasteiger partial charge in [0.05, 0.1) is 18.8 Å². The first-order chi connectivity index (χ1) is 13.4. The highest BCUT2D eigenvalue weighted by Gasteiger charge is 2.29. The van der Waals surface area contributed by atoms with E-state index in [0.29, 0.717) is 23.7 Å². The fraction of sp³-hybridized carbons (Fsp3) is 0.350. The number of hydrogen-bond donors (Lipinski definition) is 0. The number of rotatable bonds is 11. The van der Waals surface area contributed by atoms with E-state index in [4.69, 9.17) is 13.8 Å². The number of ketones is 1. The molecular weight excluding hydrogens is 463 g/mol. The summed E-state index contributed by atoms with van der Waals surface area (Å²) in [6.07, 6.45) is 0.832. The lowest BCUT2D eigenvalue weighted by Gasteiger charge is -2.19. The second-order valence-electron chi connectivity index (χ2n) is 5.72. The summed E-state index contributed by atoms with van der Waals surface area (Å²) in [5, 5.41) is 0. The molecule has 152 valence electrons. The van der Waals surface area contributed by atoms with E-state index in [1.165, 1.54) is 0 Å². The Balaban J connectivity index is 2.45. The Morgan fingerprint density at radius 1 is 1.11 bits per heavy atom. The monoisotopic (exact) mass is 486 g/mol. The zero-order chi connectivity index (χ0) is 20.6. The van der Waals surface area contributed by atoms with Crippen molar-refractivity contribution in [1.82, 2.24) is 0 Å². The summed E-state index contributed by atoms with van der Waals surface area (Å²) in [6, 6.07) is 12.0. The van der Waals surface area contributed by atoms with E-state index in [1.807, 2.05) is 19.9 Å². The lowest BCUT2D eigenvalue weighted by atomic mass is 10.0. The van der Waals surface area contributed by atoms with Crippen molar-refractivity contribution in [2.24, 2.45) is 0 Å². The van der Waals surface area contributed by atoms with Crippen molar-refractivity contribution in [3.05, 3.63) is 58.1 Å². The maximum atomic E-state index is 13.1. The molecule has 2 aromatic carbocycles. The summed E-state index contributed by atoms with van der Waals surface area (Å²) >= 11 is 4.52. The molecule has 1 atom stereocenters. The van der Waals surface area contributed by atoms with Crippen molar-refractivity contribution in [2.75, 3.05) is 19.0 Å². The molecule has 0 saturated carbocycles. The summed E-state index contributed by atoms with van der Waals surface area (Å²) in [5.41, 5.74) is 0.765. The van der Waals surface area contributed by atoms with Gasteiger partial charge in [-0.15, -0.1) is 0 Å². The van der Waals surface area contributed by atoms with Gasteiger partial charge in [0.15, 0.2) is 5.78 Å². The zero-order valence-corrected chi connectivity index (χ0v) is 19.4. The molecule has 0 radical (unpaired) electrons. The van der Waals surface area contributed by atoms with Crippen molar-refractivity contribution < 1.29 is 23.1 Å². The summed E-state index contributed by atoms with van der Waals surface area (Å²) in [4.78, 5) is 13.1. The van der Waals surface area contributed by atoms with Crippen LogP contribution in [0.15, 0.2) is 46.9 Å². The molecule has 0 aliphatic carbocycles. The molecule has 0 N–H and O–H groups in total. The highest BCUT2D eigenvalue weighted by molar-refractivity contribution is 9.10. The van der Waals surface area contributed by atoms with Crippen molar-refractivity contribution in [3.63, 3.8) is 0 Å². The van der Waals surface area contributed by atoms with Gasteiger partial charge in [-0.2, -0.15) is 0 Å². The van der Waals surface area contributed by atoms with Gasteiger partial charge in [-0.3, -0.25) is 9.32 Å². The maximum Gasteiger partial charge on any atom is 0.440 e. The van der Waals surface area contributed by atoms with Crippen LogP contribution in [0.3, 0.4) is 0 Å². The van der Waals surface area contributed by atoms with E-state index in [9.17, 15) is 9.36 Å². The van der Waals surface area contributed by atoms with Crippen LogP contribution in [0.25, 0.3) is 0 Å². The smallest absolute Gasteiger partial charge is 0.440 e. The molecule has 0 bridgehead atoms. The summed E-state index contributed by atoms with van der Waals surface area (Å²) in [6.45, 7) is 2.89. The minimum absolute atomic E-state index is 0.216. The van der Waals surface area contributed by atoms with Crippen LogP contribution in [0.2, 0.25) is 0 Å². The van der Waals surface area contributed by atoms with Crippen LogP contribution < -0.4 is 9.26 Å². The van der Waals surface area contributed by atoms with Gasteiger partial charge in [0.25, 0.3) is 0 Å². The maximum absolute atomic E-state index is 13.1. The number of hydrogen-bond acceptors (Lipinski definition) is 6. The van der Waals surface area contributed by atoms with E-state index in [1.54, 1.807) is 43.3 Å². The first-order valence-corrected chi connectivity index (χ1v) is 13.0. The topological polar surface area (TPSA) is 61.8 Å². The highest BCUT2D eigenvalue weighted by Crippen LogP contribution is 2.60. The van der Waals surface area contributed by atoms with Gasteiger partial charge >= 0.3 is 6.80 Å². The van der Waals surface area contributed by atoms with Crippen LogP contribution >= 0.6 is 34.1 Å². The second-order valence-corrected chi connectivity index (χ2v) is 10.8. The standard InChI is InChI=1S/C20H24BrO5PS/c1-4-12-28-27(23,25-6-3)26-19-11-10-17(24-5-2)14-18(19)20(22)15-8-7-9-16(21)13-15/h7-11,13-14H,4-6,12H2,1-3H3. The Hall–Kier alpha value is -1.27. The number of carbonyl (C=O) groups excluding carboxylic acids is 1. The Morgan fingerprint density at radius 3 is 2.54 bits per heavy atom. The highest BCUT2D eigenvalue weighted by atomic mass is 79.9. The Bertz CT molecular complexity index is 858. The molecule has 0 heterocycles. The van der Waals surface area contributed by atoms with E-state index < -0.39 is 6.80 Å². The summed E-state index contributed by atoms with van der Waals surface area (Å²) in [7, 11) is 0. The van der Waals surface area contributed by atoms with Gasteiger partial charge in [0.1, 0.15) is 11.5 Å². The molecular formula is C20H24BrO5PS. The van der Waals surface area contributed by atoms with Gasteiger partial charge in [0, 0.05) is 15.8 Å². The van der Waals surface area contributed by atoms with E-state index >= 15 is 0 Å². The molecule has 1 unspecified atom stereocenters. The number of ether oxygens (including phenoxy) is 1. The third-order valence-electron chi connectivity index (χ3n) is 3.54. The van der Waals surface area contributed by atoms with Crippen molar-refractivity contribution >= 4 is 39.9 Å². The van der Waals surface area contributed by atoms with Crippen LogP contribution in [0.1, 0.15) is 43.1 Å². The number of benzene rings is 2. The SMILES string of the molecule is CCCSP(=O)(OCC)Oc1ccc(OCC)cc1C(=O)c1cccc(Br)c1. The largest absolute Gasteiger partial charge is 0.494 e. The molecule has 0 aromatic heterocycles. The Kier molecular flexibility index (Phi) is 9.09. The van der Waals surface area contributed by atoms with Gasteiger partial charge in [-0.25, -0.2) is 4.57 Å². The normalized spacial score (nSPS) is 13.0. The average Bonchev–Trinajstić information content (AvgIpc) is 2.67. The van der Waals surface area contributed by atoms with Gasteiger partial charge in [-0.05, 0) is 62.0 Å². The second kappa shape index (κ2) is 11.1.